The zero-order valence-electron chi connectivity index (χ0n) is 14.3. The highest BCUT2D eigenvalue weighted by Gasteiger charge is 2.37. The summed E-state index contributed by atoms with van der Waals surface area (Å²) in [5.41, 5.74) is -0.658. The van der Waals surface area contributed by atoms with Gasteiger partial charge in [-0.05, 0) is 12.5 Å². The lowest BCUT2D eigenvalue weighted by Crippen LogP contribution is -2.45. The molecule has 0 radical (unpaired) electrons. The predicted molar refractivity (Wildman–Crippen MR) is 92.5 cm³/mol. The predicted octanol–water partition coefficient (Wildman–Crippen LogP) is -0.296. The van der Waals surface area contributed by atoms with Crippen molar-refractivity contribution >= 4 is 17.8 Å². The molecule has 1 saturated heterocycles. The monoisotopic (exact) mass is 343 g/mol. The van der Waals surface area contributed by atoms with Crippen molar-refractivity contribution in [2.75, 3.05) is 43.5 Å². The number of rotatable bonds is 5. The van der Waals surface area contributed by atoms with E-state index in [1.165, 1.54) is 12.4 Å². The second-order valence-electron chi connectivity index (χ2n) is 6.29. The first-order valence-corrected chi connectivity index (χ1v) is 7.99. The smallest absolute Gasteiger partial charge is 0.254 e. The van der Waals surface area contributed by atoms with Crippen LogP contribution < -0.4 is 15.1 Å². The summed E-state index contributed by atoms with van der Waals surface area (Å²) in [6.45, 7) is 1.15. The molecule has 1 amide bonds. The van der Waals surface area contributed by atoms with E-state index < -0.39 is 5.60 Å². The molecular formula is C16H21N7O2. The molecule has 9 heteroatoms. The van der Waals surface area contributed by atoms with Crippen LogP contribution in [0.1, 0.15) is 16.8 Å². The maximum absolute atomic E-state index is 12.2. The van der Waals surface area contributed by atoms with Gasteiger partial charge in [-0.25, -0.2) is 19.9 Å². The summed E-state index contributed by atoms with van der Waals surface area (Å²) in [6.07, 6.45) is 6.81. The number of hydrogen-bond donors (Lipinski definition) is 2. The summed E-state index contributed by atoms with van der Waals surface area (Å²) in [5, 5.41) is 13.4. The van der Waals surface area contributed by atoms with Crippen LogP contribution in [0.4, 0.5) is 11.9 Å². The number of nitrogens with one attached hydrogen (secondary N) is 1. The highest BCUT2D eigenvalue weighted by Crippen LogP contribution is 2.23. The number of amides is 1. The number of hydrogen-bond acceptors (Lipinski definition) is 8. The molecule has 1 aliphatic rings. The Morgan fingerprint density at radius 2 is 1.96 bits per heavy atom. The molecule has 1 aliphatic heterocycles. The van der Waals surface area contributed by atoms with E-state index in [-0.39, 0.29) is 12.5 Å². The van der Waals surface area contributed by atoms with Crippen molar-refractivity contribution in [1.29, 1.82) is 0 Å². The summed E-state index contributed by atoms with van der Waals surface area (Å²) in [4.78, 5) is 32.5. The van der Waals surface area contributed by atoms with Crippen molar-refractivity contribution in [3.8, 4) is 0 Å². The first-order valence-electron chi connectivity index (χ1n) is 7.99. The normalized spacial score (nSPS) is 19.7. The van der Waals surface area contributed by atoms with Crippen LogP contribution in [-0.4, -0.2) is 70.3 Å². The Labute approximate surface area is 145 Å². The van der Waals surface area contributed by atoms with Gasteiger partial charge in [0.15, 0.2) is 0 Å². The molecule has 2 aromatic rings. The Hall–Kier alpha value is -2.81. The number of aliphatic hydroxyl groups is 1. The standard InChI is InChI=1S/C16H21N7O2/c1-22(2)14-19-8-12(9-20-14)13(24)21-10-16(25)4-7-23(11-16)15-17-5-3-6-18-15/h3,5-6,8-9,25H,4,7,10-11H2,1-2H3,(H,21,24)/t16-/m1/s1. The summed E-state index contributed by atoms with van der Waals surface area (Å²) in [5.74, 6) is 0.801. The molecule has 0 bridgehead atoms. The van der Waals surface area contributed by atoms with Gasteiger partial charge < -0.3 is 20.2 Å². The molecule has 25 heavy (non-hydrogen) atoms. The van der Waals surface area contributed by atoms with Crippen LogP contribution in [0.25, 0.3) is 0 Å². The molecule has 2 aromatic heterocycles. The zero-order chi connectivity index (χ0) is 17.9. The van der Waals surface area contributed by atoms with Gasteiger partial charge in [0.25, 0.3) is 5.91 Å². The van der Waals surface area contributed by atoms with E-state index in [4.69, 9.17) is 0 Å². The number of aromatic nitrogens is 4. The third-order valence-corrected chi connectivity index (χ3v) is 4.05. The summed E-state index contributed by atoms with van der Waals surface area (Å²) in [7, 11) is 3.65. The van der Waals surface area contributed by atoms with Crippen molar-refractivity contribution in [2.45, 2.75) is 12.0 Å². The van der Waals surface area contributed by atoms with Crippen LogP contribution in [0.5, 0.6) is 0 Å². The molecule has 0 saturated carbocycles. The Kier molecular flexibility index (Phi) is 4.75. The molecule has 132 valence electrons. The average Bonchev–Trinajstić information content (AvgIpc) is 3.03. The Morgan fingerprint density at radius 1 is 1.28 bits per heavy atom. The maximum atomic E-state index is 12.2. The lowest BCUT2D eigenvalue weighted by Gasteiger charge is -2.23. The van der Waals surface area contributed by atoms with Crippen LogP contribution in [0.15, 0.2) is 30.9 Å². The number of β-amino-alcohol motifs (C(OH)–C–C–N with tert-alkyl or cyclic N) is 1. The minimum absolute atomic E-state index is 0.143. The van der Waals surface area contributed by atoms with Crippen LogP contribution in [-0.2, 0) is 0 Å². The molecule has 3 rings (SSSR count). The van der Waals surface area contributed by atoms with Gasteiger partial charge >= 0.3 is 0 Å². The van der Waals surface area contributed by atoms with Gasteiger partial charge in [0.05, 0.1) is 12.1 Å². The molecule has 0 spiro atoms. The lowest BCUT2D eigenvalue weighted by atomic mass is 10.0. The van der Waals surface area contributed by atoms with E-state index in [0.29, 0.717) is 37.0 Å². The van der Waals surface area contributed by atoms with E-state index in [0.717, 1.165) is 0 Å². The molecule has 1 atom stereocenters. The first-order chi connectivity index (χ1) is 12.0. The maximum Gasteiger partial charge on any atom is 0.254 e. The highest BCUT2D eigenvalue weighted by atomic mass is 16.3. The van der Waals surface area contributed by atoms with Crippen LogP contribution in [0, 0.1) is 0 Å². The van der Waals surface area contributed by atoms with E-state index in [1.807, 2.05) is 19.0 Å². The van der Waals surface area contributed by atoms with Crippen molar-refractivity contribution in [3.05, 3.63) is 36.4 Å². The minimum atomic E-state index is -1.01. The van der Waals surface area contributed by atoms with Gasteiger partial charge in [0.1, 0.15) is 5.60 Å². The Morgan fingerprint density at radius 3 is 2.60 bits per heavy atom. The van der Waals surface area contributed by atoms with E-state index in [9.17, 15) is 9.90 Å². The van der Waals surface area contributed by atoms with Crippen molar-refractivity contribution in [3.63, 3.8) is 0 Å². The summed E-state index contributed by atoms with van der Waals surface area (Å²) >= 11 is 0. The Bertz CT molecular complexity index is 723. The first kappa shape index (κ1) is 17.0. The number of nitrogens with zero attached hydrogens (tertiary/aromatic N) is 6. The molecular weight excluding hydrogens is 322 g/mol. The van der Waals surface area contributed by atoms with Crippen LogP contribution in [0.2, 0.25) is 0 Å². The number of carbonyl (C=O) groups is 1. The molecule has 0 aromatic carbocycles. The third kappa shape index (κ3) is 4.00. The fourth-order valence-electron chi connectivity index (χ4n) is 2.64. The fourth-order valence-corrected chi connectivity index (χ4v) is 2.64. The second-order valence-corrected chi connectivity index (χ2v) is 6.29. The largest absolute Gasteiger partial charge is 0.386 e. The molecule has 9 nitrogen and oxygen atoms in total. The van der Waals surface area contributed by atoms with Gasteiger partial charge in [-0.2, -0.15) is 0 Å². The molecule has 0 unspecified atom stereocenters. The SMILES string of the molecule is CN(C)c1ncc(C(=O)NC[C@]2(O)CCN(c3ncccn3)C2)cn1. The van der Waals surface area contributed by atoms with Gasteiger partial charge in [0.2, 0.25) is 11.9 Å². The molecule has 1 fully saturated rings. The van der Waals surface area contributed by atoms with Crippen LogP contribution in [0.3, 0.4) is 0 Å². The highest BCUT2D eigenvalue weighted by molar-refractivity contribution is 5.93. The van der Waals surface area contributed by atoms with Crippen molar-refractivity contribution < 1.29 is 9.90 Å². The molecule has 2 N–H and O–H groups in total. The minimum Gasteiger partial charge on any atom is -0.386 e. The van der Waals surface area contributed by atoms with Gasteiger partial charge in [-0.15, -0.1) is 0 Å². The number of anilines is 2. The quantitative estimate of drug-likeness (QED) is 0.762. The number of carbonyl (C=O) groups excluding carboxylic acids is 1. The van der Waals surface area contributed by atoms with E-state index in [2.05, 4.69) is 25.3 Å². The van der Waals surface area contributed by atoms with Gasteiger partial charge in [-0.3, -0.25) is 4.79 Å². The van der Waals surface area contributed by atoms with Gasteiger partial charge in [0, 0.05) is 52.0 Å². The summed E-state index contributed by atoms with van der Waals surface area (Å²) in [6, 6.07) is 1.75. The van der Waals surface area contributed by atoms with E-state index >= 15 is 0 Å². The lowest BCUT2D eigenvalue weighted by molar-refractivity contribution is 0.0575. The molecule has 3 heterocycles. The van der Waals surface area contributed by atoms with Gasteiger partial charge in [-0.1, -0.05) is 0 Å². The van der Waals surface area contributed by atoms with Crippen LogP contribution >= 0.6 is 0 Å². The van der Waals surface area contributed by atoms with E-state index in [1.54, 1.807) is 23.4 Å². The zero-order valence-corrected chi connectivity index (χ0v) is 14.3. The second kappa shape index (κ2) is 6.98. The Balaban J connectivity index is 1.56. The summed E-state index contributed by atoms with van der Waals surface area (Å²) < 4.78 is 0. The average molecular weight is 343 g/mol. The van der Waals surface area contributed by atoms with Crippen molar-refractivity contribution in [2.24, 2.45) is 0 Å². The molecule has 0 aliphatic carbocycles. The third-order valence-electron chi connectivity index (χ3n) is 4.05. The topological polar surface area (TPSA) is 107 Å². The fraction of sp³-hybridized carbons (Fsp3) is 0.438. The van der Waals surface area contributed by atoms with Crippen molar-refractivity contribution in [1.82, 2.24) is 25.3 Å².